The monoisotopic (exact) mass is 369 g/mol. The lowest BCUT2D eigenvalue weighted by Crippen LogP contribution is -2.26. The van der Waals surface area contributed by atoms with E-state index < -0.39 is 0 Å². The topological polar surface area (TPSA) is 78.5 Å². The maximum atomic E-state index is 12.5. The van der Waals surface area contributed by atoms with Gasteiger partial charge in [0.25, 0.3) is 11.8 Å². The van der Waals surface area contributed by atoms with Crippen LogP contribution in [0.15, 0.2) is 35.7 Å². The molecule has 1 saturated heterocycles. The van der Waals surface area contributed by atoms with E-state index in [2.05, 4.69) is 10.6 Å². The van der Waals surface area contributed by atoms with Gasteiger partial charge < -0.3 is 15.5 Å². The molecule has 0 atom stereocenters. The number of benzene rings is 1. The summed E-state index contributed by atoms with van der Waals surface area (Å²) in [5.41, 5.74) is 1.79. The van der Waals surface area contributed by atoms with Crippen molar-refractivity contribution in [3.8, 4) is 0 Å². The number of thiophene rings is 1. The van der Waals surface area contributed by atoms with Crippen LogP contribution in [0.3, 0.4) is 0 Å². The van der Waals surface area contributed by atoms with E-state index in [-0.39, 0.29) is 23.8 Å². The molecule has 2 N–H and O–H groups in total. The minimum atomic E-state index is -0.271. The first kappa shape index (κ1) is 16.8. The molecule has 134 valence electrons. The van der Waals surface area contributed by atoms with Crippen molar-refractivity contribution in [2.75, 3.05) is 16.8 Å². The van der Waals surface area contributed by atoms with Gasteiger partial charge in [-0.05, 0) is 55.0 Å². The molecule has 7 heteroatoms. The van der Waals surface area contributed by atoms with Crippen LogP contribution in [0.1, 0.15) is 46.4 Å². The minimum Gasteiger partial charge on any atom is -0.349 e. The van der Waals surface area contributed by atoms with E-state index in [0.29, 0.717) is 22.5 Å². The van der Waals surface area contributed by atoms with Crippen molar-refractivity contribution in [1.82, 2.24) is 5.32 Å². The molecule has 2 aromatic rings. The van der Waals surface area contributed by atoms with E-state index in [9.17, 15) is 14.4 Å². The number of carbonyl (C=O) groups is 3. The lowest BCUT2D eigenvalue weighted by atomic mass is 10.2. The van der Waals surface area contributed by atoms with Gasteiger partial charge in [-0.3, -0.25) is 14.4 Å². The summed E-state index contributed by atoms with van der Waals surface area (Å²) < 4.78 is 0. The number of hydrogen-bond acceptors (Lipinski definition) is 4. The Bertz CT molecular complexity index is 855. The lowest BCUT2D eigenvalue weighted by molar-refractivity contribution is -0.117. The van der Waals surface area contributed by atoms with E-state index >= 15 is 0 Å². The van der Waals surface area contributed by atoms with Gasteiger partial charge in [-0.1, -0.05) is 0 Å². The molecule has 1 saturated carbocycles. The first-order chi connectivity index (χ1) is 12.6. The number of nitrogens with zero attached hydrogens (tertiary/aromatic N) is 1. The Labute approximate surface area is 155 Å². The highest BCUT2D eigenvalue weighted by Gasteiger charge is 2.26. The second-order valence-electron chi connectivity index (χ2n) is 6.56. The molecule has 26 heavy (non-hydrogen) atoms. The summed E-state index contributed by atoms with van der Waals surface area (Å²) in [4.78, 5) is 38.3. The van der Waals surface area contributed by atoms with Crippen LogP contribution < -0.4 is 15.5 Å². The van der Waals surface area contributed by atoms with Crippen molar-refractivity contribution in [1.29, 1.82) is 0 Å². The Kier molecular flexibility index (Phi) is 4.46. The molecule has 1 aliphatic heterocycles. The second kappa shape index (κ2) is 6.92. The summed E-state index contributed by atoms with van der Waals surface area (Å²) in [5, 5.41) is 8.09. The van der Waals surface area contributed by atoms with Crippen LogP contribution in [0, 0.1) is 0 Å². The quantitative estimate of drug-likeness (QED) is 0.850. The zero-order valence-corrected chi connectivity index (χ0v) is 15.0. The highest BCUT2D eigenvalue weighted by Crippen LogP contribution is 2.27. The fourth-order valence-corrected chi connectivity index (χ4v) is 3.74. The van der Waals surface area contributed by atoms with E-state index in [1.54, 1.807) is 40.6 Å². The van der Waals surface area contributed by atoms with Crippen LogP contribution >= 0.6 is 11.3 Å². The first-order valence-electron chi connectivity index (χ1n) is 8.72. The maximum absolute atomic E-state index is 12.5. The first-order valence-corrected chi connectivity index (χ1v) is 9.60. The molecular weight excluding hydrogens is 350 g/mol. The lowest BCUT2D eigenvalue weighted by Gasteiger charge is -2.15. The van der Waals surface area contributed by atoms with Gasteiger partial charge in [-0.2, -0.15) is 0 Å². The van der Waals surface area contributed by atoms with E-state index in [1.165, 1.54) is 11.3 Å². The second-order valence-corrected chi connectivity index (χ2v) is 7.48. The summed E-state index contributed by atoms with van der Waals surface area (Å²) in [6.45, 7) is 0.721. The Morgan fingerprint density at radius 3 is 2.50 bits per heavy atom. The number of nitrogens with one attached hydrogen (secondary N) is 2. The molecule has 4 rings (SSSR count). The normalized spacial score (nSPS) is 16.6. The highest BCUT2D eigenvalue weighted by atomic mass is 32.1. The van der Waals surface area contributed by atoms with Gasteiger partial charge in [-0.15, -0.1) is 11.3 Å². The van der Waals surface area contributed by atoms with Gasteiger partial charge in [0.2, 0.25) is 5.91 Å². The molecule has 1 aliphatic carbocycles. The standard InChI is InChI=1S/C19H19N3O3S/c23-16-2-1-10-22(16)14-7-3-12(4-8-14)17(24)21-19-15(9-11-26-19)18(25)20-13-5-6-13/h3-4,7-9,11,13H,1-2,5-6,10H2,(H,20,25)(H,21,24). The molecule has 1 aromatic carbocycles. The Morgan fingerprint density at radius 1 is 1.08 bits per heavy atom. The number of hydrogen-bond donors (Lipinski definition) is 2. The molecular formula is C19H19N3O3S. The molecule has 6 nitrogen and oxygen atoms in total. The number of rotatable bonds is 5. The fraction of sp³-hybridized carbons (Fsp3) is 0.316. The Hall–Kier alpha value is -2.67. The summed E-state index contributed by atoms with van der Waals surface area (Å²) in [7, 11) is 0. The van der Waals surface area contributed by atoms with Crippen molar-refractivity contribution < 1.29 is 14.4 Å². The average molecular weight is 369 g/mol. The minimum absolute atomic E-state index is 0.118. The van der Waals surface area contributed by atoms with Crippen LogP contribution in [0.5, 0.6) is 0 Å². The van der Waals surface area contributed by atoms with Gasteiger partial charge in [0.15, 0.2) is 0 Å². The molecule has 2 heterocycles. The third-order valence-electron chi connectivity index (χ3n) is 4.56. The smallest absolute Gasteiger partial charge is 0.256 e. The summed E-state index contributed by atoms with van der Waals surface area (Å²) in [6.07, 6.45) is 3.48. The molecule has 2 aliphatic rings. The summed E-state index contributed by atoms with van der Waals surface area (Å²) in [5.74, 6) is -0.300. The van der Waals surface area contributed by atoms with Crippen LogP contribution in [-0.4, -0.2) is 30.3 Å². The Balaban J connectivity index is 1.44. The summed E-state index contributed by atoms with van der Waals surface area (Å²) >= 11 is 1.33. The van der Waals surface area contributed by atoms with Crippen LogP contribution in [-0.2, 0) is 4.79 Å². The van der Waals surface area contributed by atoms with E-state index in [4.69, 9.17) is 0 Å². The van der Waals surface area contributed by atoms with Crippen LogP contribution in [0.4, 0.5) is 10.7 Å². The zero-order chi connectivity index (χ0) is 18.1. The molecule has 3 amide bonds. The number of anilines is 2. The fourth-order valence-electron chi connectivity index (χ4n) is 2.96. The van der Waals surface area contributed by atoms with E-state index in [1.807, 2.05) is 0 Å². The molecule has 0 unspecified atom stereocenters. The molecule has 0 bridgehead atoms. The third-order valence-corrected chi connectivity index (χ3v) is 5.39. The maximum Gasteiger partial charge on any atom is 0.256 e. The largest absolute Gasteiger partial charge is 0.349 e. The van der Waals surface area contributed by atoms with Crippen molar-refractivity contribution in [3.05, 3.63) is 46.8 Å². The van der Waals surface area contributed by atoms with E-state index in [0.717, 1.165) is 31.5 Å². The van der Waals surface area contributed by atoms with Gasteiger partial charge in [-0.25, -0.2) is 0 Å². The predicted molar refractivity (Wildman–Crippen MR) is 101 cm³/mol. The van der Waals surface area contributed by atoms with Crippen LogP contribution in [0.25, 0.3) is 0 Å². The van der Waals surface area contributed by atoms with Gasteiger partial charge in [0, 0.05) is 30.3 Å². The molecule has 2 fully saturated rings. The van der Waals surface area contributed by atoms with Gasteiger partial charge in [0.05, 0.1) is 5.56 Å². The van der Waals surface area contributed by atoms with Crippen LogP contribution in [0.2, 0.25) is 0 Å². The number of amides is 3. The average Bonchev–Trinajstić information content (AvgIpc) is 3.15. The molecule has 0 spiro atoms. The van der Waals surface area contributed by atoms with Crippen molar-refractivity contribution in [2.45, 2.75) is 31.7 Å². The summed E-state index contributed by atoms with van der Waals surface area (Å²) in [6, 6.07) is 8.97. The number of carbonyl (C=O) groups excluding carboxylic acids is 3. The predicted octanol–water partition coefficient (Wildman–Crippen LogP) is 3.02. The van der Waals surface area contributed by atoms with Crippen molar-refractivity contribution in [2.24, 2.45) is 0 Å². The SMILES string of the molecule is O=C(Nc1sccc1C(=O)NC1CC1)c1ccc(N2CCCC2=O)cc1. The molecule has 1 aromatic heterocycles. The zero-order valence-electron chi connectivity index (χ0n) is 14.2. The van der Waals surface area contributed by atoms with Crippen molar-refractivity contribution in [3.63, 3.8) is 0 Å². The van der Waals surface area contributed by atoms with Crippen molar-refractivity contribution >= 4 is 39.7 Å². The van der Waals surface area contributed by atoms with Gasteiger partial charge in [0.1, 0.15) is 5.00 Å². The van der Waals surface area contributed by atoms with Gasteiger partial charge >= 0.3 is 0 Å². The molecule has 0 radical (unpaired) electrons. The highest BCUT2D eigenvalue weighted by molar-refractivity contribution is 7.14. The third kappa shape index (κ3) is 3.48. The Morgan fingerprint density at radius 2 is 1.85 bits per heavy atom.